The molecule has 0 radical (unpaired) electrons. The second-order valence-corrected chi connectivity index (χ2v) is 14.5. The number of rotatable bonds is 8. The van der Waals surface area contributed by atoms with Crippen molar-refractivity contribution in [2.45, 2.75) is 0 Å². The van der Waals surface area contributed by atoms with E-state index in [1.54, 1.807) is 0 Å². The van der Waals surface area contributed by atoms with E-state index in [-0.39, 0.29) is 0 Å². The molecule has 0 unspecified atom stereocenters. The van der Waals surface area contributed by atoms with Crippen LogP contribution in [-0.2, 0) is 0 Å². The van der Waals surface area contributed by atoms with E-state index in [1.807, 2.05) is 36.4 Å². The van der Waals surface area contributed by atoms with E-state index in [9.17, 15) is 0 Å². The van der Waals surface area contributed by atoms with Crippen LogP contribution in [0, 0.1) is 0 Å². The van der Waals surface area contributed by atoms with Gasteiger partial charge in [0.2, 0.25) is 0 Å². The van der Waals surface area contributed by atoms with Crippen molar-refractivity contribution in [3.05, 3.63) is 224 Å². The highest BCUT2D eigenvalue weighted by atomic mass is 14.9. The maximum atomic E-state index is 5.31. The van der Waals surface area contributed by atoms with E-state index >= 15 is 0 Å². The van der Waals surface area contributed by atoms with Gasteiger partial charge in [-0.15, -0.1) is 0 Å². The van der Waals surface area contributed by atoms with Gasteiger partial charge in [0.05, 0.1) is 22.6 Å². The molecule has 0 spiro atoms. The minimum absolute atomic E-state index is 0.676. The Labute approximate surface area is 338 Å². The van der Waals surface area contributed by atoms with Gasteiger partial charge in [-0.1, -0.05) is 182 Å². The Hall–Kier alpha value is -7.75. The summed E-state index contributed by atoms with van der Waals surface area (Å²) in [6.07, 6.45) is 0. The molecule has 0 saturated carbocycles. The Morgan fingerprint density at radius 1 is 0.224 bits per heavy atom. The van der Waals surface area contributed by atoms with Gasteiger partial charge in [-0.2, -0.15) is 0 Å². The fourth-order valence-electron chi connectivity index (χ4n) is 7.71. The van der Waals surface area contributed by atoms with Gasteiger partial charge >= 0.3 is 0 Å². The fourth-order valence-corrected chi connectivity index (χ4v) is 7.71. The molecule has 0 aliphatic carbocycles. The zero-order chi connectivity index (χ0) is 38.7. The number of benzene rings is 8. The molecule has 0 aliphatic heterocycles. The Morgan fingerprint density at radius 3 is 1.19 bits per heavy atom. The normalized spacial score (nSPS) is 11.1. The molecule has 0 bridgehead atoms. The van der Waals surface area contributed by atoms with Crippen molar-refractivity contribution in [1.82, 2.24) is 15.0 Å². The summed E-state index contributed by atoms with van der Waals surface area (Å²) in [5, 5.41) is 1.08. The molecule has 0 N–H and O–H groups in total. The molecule has 58 heavy (non-hydrogen) atoms. The summed E-state index contributed by atoms with van der Waals surface area (Å²) in [5.74, 6) is 0.676. The van der Waals surface area contributed by atoms with Crippen molar-refractivity contribution >= 4 is 10.9 Å². The van der Waals surface area contributed by atoms with Crippen LogP contribution in [-0.4, -0.2) is 15.0 Å². The first-order chi connectivity index (χ1) is 28.7. The first kappa shape index (κ1) is 34.7. The van der Waals surface area contributed by atoms with Crippen molar-refractivity contribution in [3.63, 3.8) is 0 Å². The maximum Gasteiger partial charge on any atom is 0.160 e. The van der Waals surface area contributed by atoms with Gasteiger partial charge in [0.25, 0.3) is 0 Å². The Bertz CT molecular complexity index is 2980. The first-order valence-electron chi connectivity index (χ1n) is 19.6. The molecule has 0 atom stereocenters. The molecule has 0 aliphatic rings. The molecule has 10 aromatic rings. The van der Waals surface area contributed by atoms with Crippen molar-refractivity contribution in [3.8, 4) is 89.7 Å². The minimum atomic E-state index is 0.676. The lowest BCUT2D eigenvalue weighted by molar-refractivity contribution is 1.18. The molecule has 0 fully saturated rings. The Balaban J connectivity index is 1.14. The summed E-state index contributed by atoms with van der Waals surface area (Å²) in [7, 11) is 0. The van der Waals surface area contributed by atoms with Gasteiger partial charge in [0, 0.05) is 27.6 Å². The highest BCUT2D eigenvalue weighted by molar-refractivity contribution is 6.00. The summed E-state index contributed by atoms with van der Waals surface area (Å²) in [6, 6.07) is 78.7. The monoisotopic (exact) mass is 739 g/mol. The Kier molecular flexibility index (Phi) is 9.23. The first-order valence-corrected chi connectivity index (χ1v) is 19.6. The van der Waals surface area contributed by atoms with E-state index in [4.69, 9.17) is 15.0 Å². The van der Waals surface area contributed by atoms with Crippen LogP contribution >= 0.6 is 0 Å². The molecule has 0 amide bonds. The predicted octanol–water partition coefficient (Wildman–Crippen LogP) is 14.4. The molecule has 3 nitrogen and oxygen atoms in total. The highest BCUT2D eigenvalue weighted by Crippen LogP contribution is 2.38. The molecular weight excluding hydrogens is 703 g/mol. The van der Waals surface area contributed by atoms with Crippen LogP contribution in [0.2, 0.25) is 0 Å². The van der Waals surface area contributed by atoms with Gasteiger partial charge in [-0.05, 0) is 87.0 Å². The predicted molar refractivity (Wildman–Crippen MR) is 241 cm³/mol. The smallest absolute Gasteiger partial charge is 0.160 e. The van der Waals surface area contributed by atoms with Gasteiger partial charge < -0.3 is 0 Å². The lowest BCUT2D eigenvalue weighted by Gasteiger charge is -2.14. The number of hydrogen-bond donors (Lipinski definition) is 0. The minimum Gasteiger partial charge on any atom is -0.248 e. The zero-order valence-electron chi connectivity index (χ0n) is 31.7. The lowest BCUT2D eigenvalue weighted by Crippen LogP contribution is -1.96. The molecule has 10 rings (SSSR count). The zero-order valence-corrected chi connectivity index (χ0v) is 31.7. The number of hydrogen-bond acceptors (Lipinski definition) is 3. The topological polar surface area (TPSA) is 38.7 Å². The van der Waals surface area contributed by atoms with E-state index in [1.165, 1.54) is 16.7 Å². The van der Waals surface area contributed by atoms with E-state index < -0.39 is 0 Å². The second-order valence-electron chi connectivity index (χ2n) is 14.5. The van der Waals surface area contributed by atoms with Crippen molar-refractivity contribution in [1.29, 1.82) is 0 Å². The van der Waals surface area contributed by atoms with Gasteiger partial charge in [-0.3, -0.25) is 0 Å². The van der Waals surface area contributed by atoms with Gasteiger partial charge in [-0.25, -0.2) is 15.0 Å². The average Bonchev–Trinajstić information content (AvgIpc) is 3.32. The molecular formula is C55H37N3. The summed E-state index contributed by atoms with van der Waals surface area (Å²) >= 11 is 0. The van der Waals surface area contributed by atoms with Crippen LogP contribution in [0.5, 0.6) is 0 Å². The largest absolute Gasteiger partial charge is 0.248 e. The molecule has 0 saturated heterocycles. The summed E-state index contributed by atoms with van der Waals surface area (Å²) in [4.78, 5) is 15.6. The van der Waals surface area contributed by atoms with Crippen molar-refractivity contribution in [2.75, 3.05) is 0 Å². The van der Waals surface area contributed by atoms with Crippen LogP contribution in [0.3, 0.4) is 0 Å². The highest BCUT2D eigenvalue weighted by Gasteiger charge is 2.16. The summed E-state index contributed by atoms with van der Waals surface area (Å²) in [6.45, 7) is 0. The number of aromatic nitrogens is 3. The number of fused-ring (bicyclic) bond motifs is 1. The molecule has 3 heteroatoms. The van der Waals surface area contributed by atoms with Crippen LogP contribution in [0.15, 0.2) is 224 Å². The number of nitrogens with zero attached hydrogens (tertiary/aromatic N) is 3. The van der Waals surface area contributed by atoms with Gasteiger partial charge in [0.15, 0.2) is 5.82 Å². The summed E-state index contributed by atoms with van der Waals surface area (Å²) < 4.78 is 0. The van der Waals surface area contributed by atoms with Crippen molar-refractivity contribution in [2.24, 2.45) is 0 Å². The molecule has 8 aromatic carbocycles. The third kappa shape index (κ3) is 7.09. The molecule has 272 valence electrons. The average molecular weight is 740 g/mol. The van der Waals surface area contributed by atoms with Crippen molar-refractivity contribution < 1.29 is 0 Å². The van der Waals surface area contributed by atoms with Crippen LogP contribution < -0.4 is 0 Å². The third-order valence-corrected chi connectivity index (χ3v) is 10.7. The molecule has 2 heterocycles. The molecule has 2 aromatic heterocycles. The number of pyridine rings is 1. The van der Waals surface area contributed by atoms with Crippen LogP contribution in [0.4, 0.5) is 0 Å². The SMILES string of the molecule is c1ccc(-c2cccc(-c3ccc4nc(-c5cccc(-c6ccccc6)c5)cc(-c5cccc(-c6nc(-c7ccccc7)cc(-c7ccccc7)n6)c5)c4c3)c2)cc1. The fraction of sp³-hybridized carbons (Fsp3) is 0. The van der Waals surface area contributed by atoms with E-state index in [0.29, 0.717) is 5.82 Å². The third-order valence-electron chi connectivity index (χ3n) is 10.7. The van der Waals surface area contributed by atoms with Gasteiger partial charge in [0.1, 0.15) is 0 Å². The maximum absolute atomic E-state index is 5.31. The lowest BCUT2D eigenvalue weighted by atomic mass is 9.93. The van der Waals surface area contributed by atoms with E-state index in [0.717, 1.165) is 78.1 Å². The standard InChI is InChI=1S/C55H37N3/c1-5-16-38(17-6-1)42-24-13-26-44(32-42)45-30-31-51-50(35-45)49(36-52(56-51)47-28-14-25-43(33-47)39-18-7-2-8-19-39)46-27-15-29-48(34-46)55-57-53(40-20-9-3-10-21-40)37-54(58-55)41-22-11-4-12-23-41/h1-37H. The quantitative estimate of drug-likeness (QED) is 0.156. The van der Waals surface area contributed by atoms with Crippen LogP contribution in [0.1, 0.15) is 0 Å². The summed E-state index contributed by atoms with van der Waals surface area (Å²) in [5.41, 5.74) is 16.9. The van der Waals surface area contributed by atoms with E-state index in [2.05, 4.69) is 188 Å². The second kappa shape index (κ2) is 15.4. The van der Waals surface area contributed by atoms with Crippen LogP contribution in [0.25, 0.3) is 101 Å². The Morgan fingerprint density at radius 2 is 0.621 bits per heavy atom.